The van der Waals surface area contributed by atoms with E-state index in [1.165, 1.54) is 0 Å². The molecule has 20 heavy (non-hydrogen) atoms. The van der Waals surface area contributed by atoms with Gasteiger partial charge < -0.3 is 16.0 Å². The molecule has 0 aromatic carbocycles. The molecule has 1 fully saturated rings. The Morgan fingerprint density at radius 1 is 1.35 bits per heavy atom. The molecule has 0 radical (unpaired) electrons. The third-order valence-electron chi connectivity index (χ3n) is 3.99. The number of nitrogens with one attached hydrogen (secondary N) is 1. The van der Waals surface area contributed by atoms with Crippen LogP contribution in [0.25, 0.3) is 0 Å². The molecular formula is C15H29N3O2. The van der Waals surface area contributed by atoms with E-state index in [0.717, 1.165) is 19.3 Å². The standard InChI is InChI=1S/C15H29N3O2/c1-10(2)8-17-14(19)9-18(4)15(20)13-6-5-12(16)7-11(13)3/h10-13H,5-9,16H2,1-4H3,(H,17,19). The highest BCUT2D eigenvalue weighted by Crippen LogP contribution is 2.30. The molecule has 0 bridgehead atoms. The number of hydrogen-bond donors (Lipinski definition) is 2. The van der Waals surface area contributed by atoms with E-state index in [9.17, 15) is 9.59 Å². The maximum Gasteiger partial charge on any atom is 0.239 e. The first-order chi connectivity index (χ1) is 9.31. The predicted octanol–water partition coefficient (Wildman–Crippen LogP) is 0.981. The van der Waals surface area contributed by atoms with Gasteiger partial charge in [-0.15, -0.1) is 0 Å². The summed E-state index contributed by atoms with van der Waals surface area (Å²) in [5.74, 6) is 0.712. The molecule has 1 aliphatic carbocycles. The first-order valence-electron chi connectivity index (χ1n) is 7.58. The summed E-state index contributed by atoms with van der Waals surface area (Å²) < 4.78 is 0. The number of nitrogens with zero attached hydrogens (tertiary/aromatic N) is 1. The minimum absolute atomic E-state index is 0.0118. The van der Waals surface area contributed by atoms with Gasteiger partial charge in [0.15, 0.2) is 0 Å². The van der Waals surface area contributed by atoms with Crippen molar-refractivity contribution in [2.75, 3.05) is 20.1 Å². The van der Waals surface area contributed by atoms with Gasteiger partial charge in [-0.05, 0) is 31.1 Å². The third-order valence-corrected chi connectivity index (χ3v) is 3.99. The van der Waals surface area contributed by atoms with Crippen molar-refractivity contribution in [3.05, 3.63) is 0 Å². The lowest BCUT2D eigenvalue weighted by molar-refractivity contribution is -0.140. The number of rotatable bonds is 5. The van der Waals surface area contributed by atoms with Gasteiger partial charge in [0, 0.05) is 25.6 Å². The zero-order valence-electron chi connectivity index (χ0n) is 13.2. The van der Waals surface area contributed by atoms with Crippen molar-refractivity contribution in [3.8, 4) is 0 Å². The second kappa shape index (κ2) is 7.62. The van der Waals surface area contributed by atoms with Gasteiger partial charge in [0.1, 0.15) is 0 Å². The molecule has 2 amide bonds. The van der Waals surface area contributed by atoms with Crippen LogP contribution in [0.15, 0.2) is 0 Å². The van der Waals surface area contributed by atoms with Crippen molar-refractivity contribution in [1.82, 2.24) is 10.2 Å². The van der Waals surface area contributed by atoms with E-state index in [1.807, 2.05) is 13.8 Å². The Balaban J connectivity index is 2.44. The molecule has 3 atom stereocenters. The second-order valence-corrected chi connectivity index (χ2v) is 6.55. The molecule has 0 aromatic heterocycles. The molecule has 0 aromatic rings. The van der Waals surface area contributed by atoms with Gasteiger partial charge in [-0.3, -0.25) is 9.59 Å². The molecule has 3 unspecified atom stereocenters. The summed E-state index contributed by atoms with van der Waals surface area (Å²) in [6.45, 7) is 6.95. The Hall–Kier alpha value is -1.10. The third kappa shape index (κ3) is 5.12. The maximum absolute atomic E-state index is 12.4. The van der Waals surface area contributed by atoms with Gasteiger partial charge in [0.2, 0.25) is 11.8 Å². The van der Waals surface area contributed by atoms with Crippen LogP contribution < -0.4 is 11.1 Å². The number of carbonyl (C=O) groups is 2. The Bertz CT molecular complexity index is 344. The lowest BCUT2D eigenvalue weighted by Gasteiger charge is -2.33. The number of nitrogens with two attached hydrogens (primary N) is 1. The molecule has 116 valence electrons. The van der Waals surface area contributed by atoms with E-state index in [4.69, 9.17) is 5.73 Å². The minimum Gasteiger partial charge on any atom is -0.354 e. The lowest BCUT2D eigenvalue weighted by Crippen LogP contribution is -2.45. The van der Waals surface area contributed by atoms with Crippen LogP contribution in [0.1, 0.15) is 40.0 Å². The summed E-state index contributed by atoms with van der Waals surface area (Å²) in [6, 6.07) is 0.216. The monoisotopic (exact) mass is 283 g/mol. The van der Waals surface area contributed by atoms with Crippen molar-refractivity contribution in [2.24, 2.45) is 23.5 Å². The van der Waals surface area contributed by atoms with Crippen LogP contribution in [-0.4, -0.2) is 42.9 Å². The first kappa shape index (κ1) is 17.0. The van der Waals surface area contributed by atoms with Crippen LogP contribution in [0.3, 0.4) is 0 Å². The van der Waals surface area contributed by atoms with E-state index in [2.05, 4.69) is 12.2 Å². The van der Waals surface area contributed by atoms with E-state index < -0.39 is 0 Å². The normalized spacial score (nSPS) is 26.4. The largest absolute Gasteiger partial charge is 0.354 e. The summed E-state index contributed by atoms with van der Waals surface area (Å²) in [6.07, 6.45) is 2.62. The van der Waals surface area contributed by atoms with Crippen LogP contribution in [-0.2, 0) is 9.59 Å². The predicted molar refractivity (Wildman–Crippen MR) is 80.0 cm³/mol. The number of carbonyl (C=O) groups excluding carboxylic acids is 2. The van der Waals surface area contributed by atoms with Crippen LogP contribution in [0.5, 0.6) is 0 Å². The van der Waals surface area contributed by atoms with Gasteiger partial charge in [-0.2, -0.15) is 0 Å². The fraction of sp³-hybridized carbons (Fsp3) is 0.867. The number of hydrogen-bond acceptors (Lipinski definition) is 3. The molecule has 1 saturated carbocycles. The first-order valence-corrected chi connectivity index (χ1v) is 7.58. The molecule has 3 N–H and O–H groups in total. The second-order valence-electron chi connectivity index (χ2n) is 6.55. The minimum atomic E-state index is -0.0882. The molecular weight excluding hydrogens is 254 g/mol. The topological polar surface area (TPSA) is 75.4 Å². The Kier molecular flexibility index (Phi) is 6.46. The Morgan fingerprint density at radius 3 is 2.55 bits per heavy atom. The molecule has 5 heteroatoms. The molecule has 0 spiro atoms. The van der Waals surface area contributed by atoms with Gasteiger partial charge in [0.25, 0.3) is 0 Å². The van der Waals surface area contributed by atoms with Gasteiger partial charge in [-0.1, -0.05) is 20.8 Å². The van der Waals surface area contributed by atoms with E-state index in [0.29, 0.717) is 18.4 Å². The Morgan fingerprint density at radius 2 is 2.00 bits per heavy atom. The smallest absolute Gasteiger partial charge is 0.239 e. The van der Waals surface area contributed by atoms with Crippen molar-refractivity contribution in [2.45, 2.75) is 46.1 Å². The number of likely N-dealkylation sites (N-methyl/N-ethyl adjacent to an activating group) is 1. The average molecular weight is 283 g/mol. The summed E-state index contributed by atoms with van der Waals surface area (Å²) in [7, 11) is 1.71. The van der Waals surface area contributed by atoms with Crippen molar-refractivity contribution in [3.63, 3.8) is 0 Å². The summed E-state index contributed by atoms with van der Waals surface area (Å²) in [5, 5.41) is 2.84. The SMILES string of the molecule is CC(C)CNC(=O)CN(C)C(=O)C1CCC(N)CC1C. The lowest BCUT2D eigenvalue weighted by atomic mass is 9.77. The van der Waals surface area contributed by atoms with Crippen molar-refractivity contribution < 1.29 is 9.59 Å². The molecule has 0 heterocycles. The van der Waals surface area contributed by atoms with E-state index in [1.54, 1.807) is 11.9 Å². The van der Waals surface area contributed by atoms with Gasteiger partial charge >= 0.3 is 0 Å². The van der Waals surface area contributed by atoms with Gasteiger partial charge in [-0.25, -0.2) is 0 Å². The Labute approximate surface area is 122 Å². The zero-order chi connectivity index (χ0) is 15.3. The van der Waals surface area contributed by atoms with Gasteiger partial charge in [0.05, 0.1) is 6.54 Å². The molecule has 0 saturated heterocycles. The average Bonchev–Trinajstić information content (AvgIpc) is 2.35. The maximum atomic E-state index is 12.4. The van der Waals surface area contributed by atoms with Crippen LogP contribution in [0, 0.1) is 17.8 Å². The fourth-order valence-corrected chi connectivity index (χ4v) is 2.75. The van der Waals surface area contributed by atoms with E-state index >= 15 is 0 Å². The summed E-state index contributed by atoms with van der Waals surface area (Å²) >= 11 is 0. The zero-order valence-corrected chi connectivity index (χ0v) is 13.2. The molecule has 1 aliphatic rings. The van der Waals surface area contributed by atoms with Crippen LogP contribution in [0.2, 0.25) is 0 Å². The molecule has 1 rings (SSSR count). The highest BCUT2D eigenvalue weighted by molar-refractivity contribution is 5.85. The summed E-state index contributed by atoms with van der Waals surface area (Å²) in [5.41, 5.74) is 5.92. The highest BCUT2D eigenvalue weighted by atomic mass is 16.2. The van der Waals surface area contributed by atoms with Crippen LogP contribution >= 0.6 is 0 Å². The van der Waals surface area contributed by atoms with Crippen molar-refractivity contribution in [1.29, 1.82) is 0 Å². The quantitative estimate of drug-likeness (QED) is 0.790. The van der Waals surface area contributed by atoms with Crippen LogP contribution in [0.4, 0.5) is 0 Å². The van der Waals surface area contributed by atoms with E-state index in [-0.39, 0.29) is 30.3 Å². The summed E-state index contributed by atoms with van der Waals surface area (Å²) in [4.78, 5) is 25.7. The highest BCUT2D eigenvalue weighted by Gasteiger charge is 2.32. The number of amides is 2. The molecule has 0 aliphatic heterocycles. The van der Waals surface area contributed by atoms with Crippen molar-refractivity contribution >= 4 is 11.8 Å². The molecule has 5 nitrogen and oxygen atoms in total. The fourth-order valence-electron chi connectivity index (χ4n) is 2.75.